The van der Waals surface area contributed by atoms with E-state index in [2.05, 4.69) is 32.5 Å². The van der Waals surface area contributed by atoms with Crippen LogP contribution in [-0.4, -0.2) is 26.9 Å². The lowest BCUT2D eigenvalue weighted by molar-refractivity contribution is 0.358. The first-order chi connectivity index (χ1) is 11.3. The van der Waals surface area contributed by atoms with Crippen molar-refractivity contribution in [3.05, 3.63) is 48.0 Å². The van der Waals surface area contributed by atoms with Crippen LogP contribution in [0.4, 0.5) is 0 Å². The minimum absolute atomic E-state index is 0.224. The fourth-order valence-corrected chi connectivity index (χ4v) is 3.16. The Hall–Kier alpha value is -2.47. The van der Waals surface area contributed by atoms with E-state index in [1.54, 1.807) is 13.4 Å². The highest BCUT2D eigenvalue weighted by molar-refractivity contribution is 5.80. The Kier molecular flexibility index (Phi) is 3.67. The van der Waals surface area contributed by atoms with Crippen molar-refractivity contribution in [2.45, 2.75) is 32.0 Å². The molecule has 6 nitrogen and oxygen atoms in total. The van der Waals surface area contributed by atoms with Crippen LogP contribution in [0.5, 0.6) is 5.88 Å². The maximum Gasteiger partial charge on any atom is 0.218 e. The number of ether oxygens (including phenoxy) is 1. The summed E-state index contributed by atoms with van der Waals surface area (Å²) in [5.74, 6) is 1.69. The zero-order valence-electron chi connectivity index (χ0n) is 13.1. The van der Waals surface area contributed by atoms with E-state index < -0.39 is 0 Å². The van der Waals surface area contributed by atoms with Crippen LogP contribution in [0.1, 0.15) is 30.3 Å². The van der Waals surface area contributed by atoms with Crippen molar-refractivity contribution in [1.29, 1.82) is 0 Å². The minimum atomic E-state index is 0.224. The summed E-state index contributed by atoms with van der Waals surface area (Å²) in [5, 5.41) is 8.96. The van der Waals surface area contributed by atoms with Gasteiger partial charge in [0.25, 0.3) is 0 Å². The maximum absolute atomic E-state index is 5.46. The SMILES string of the molecule is COc1nc2ccccc2cc1CN[C@@H]1CCCn2ncnc21. The van der Waals surface area contributed by atoms with Crippen LogP contribution in [-0.2, 0) is 13.1 Å². The highest BCUT2D eigenvalue weighted by Crippen LogP contribution is 2.25. The number of fused-ring (bicyclic) bond motifs is 2. The molecule has 6 heteroatoms. The number of aryl methyl sites for hydroxylation is 1. The van der Waals surface area contributed by atoms with Crippen molar-refractivity contribution in [2.75, 3.05) is 7.11 Å². The molecule has 0 spiro atoms. The van der Waals surface area contributed by atoms with Gasteiger partial charge in [-0.25, -0.2) is 14.6 Å². The van der Waals surface area contributed by atoms with E-state index in [0.717, 1.165) is 41.7 Å². The highest BCUT2D eigenvalue weighted by Gasteiger charge is 2.22. The molecule has 3 aromatic rings. The number of rotatable bonds is 4. The molecule has 3 heterocycles. The van der Waals surface area contributed by atoms with Crippen molar-refractivity contribution in [2.24, 2.45) is 0 Å². The fraction of sp³-hybridized carbons (Fsp3) is 0.353. The van der Waals surface area contributed by atoms with Gasteiger partial charge in [0.15, 0.2) is 0 Å². The van der Waals surface area contributed by atoms with Gasteiger partial charge in [-0.15, -0.1) is 0 Å². The number of hydrogen-bond donors (Lipinski definition) is 1. The Morgan fingerprint density at radius 1 is 1.35 bits per heavy atom. The van der Waals surface area contributed by atoms with Gasteiger partial charge in [-0.05, 0) is 25.0 Å². The highest BCUT2D eigenvalue weighted by atomic mass is 16.5. The molecule has 0 saturated heterocycles. The summed E-state index contributed by atoms with van der Waals surface area (Å²) >= 11 is 0. The molecule has 0 radical (unpaired) electrons. The Morgan fingerprint density at radius 3 is 3.17 bits per heavy atom. The van der Waals surface area contributed by atoms with E-state index in [9.17, 15) is 0 Å². The second-order valence-electron chi connectivity index (χ2n) is 5.77. The Bertz CT molecular complexity index is 829. The lowest BCUT2D eigenvalue weighted by Gasteiger charge is -2.23. The van der Waals surface area contributed by atoms with Crippen molar-refractivity contribution in [3.63, 3.8) is 0 Å². The molecule has 23 heavy (non-hydrogen) atoms. The van der Waals surface area contributed by atoms with E-state index in [0.29, 0.717) is 12.4 Å². The zero-order chi connectivity index (χ0) is 15.6. The van der Waals surface area contributed by atoms with Gasteiger partial charge in [0.2, 0.25) is 5.88 Å². The summed E-state index contributed by atoms with van der Waals surface area (Å²) in [6.07, 6.45) is 3.82. The summed E-state index contributed by atoms with van der Waals surface area (Å²) in [6.45, 7) is 1.65. The summed E-state index contributed by atoms with van der Waals surface area (Å²) < 4.78 is 7.45. The number of pyridine rings is 1. The number of benzene rings is 1. The number of nitrogens with zero attached hydrogens (tertiary/aromatic N) is 4. The topological polar surface area (TPSA) is 64.9 Å². The molecule has 1 aromatic carbocycles. The van der Waals surface area contributed by atoms with Gasteiger partial charge in [0, 0.05) is 24.0 Å². The summed E-state index contributed by atoms with van der Waals surface area (Å²) in [5.41, 5.74) is 2.01. The first kappa shape index (κ1) is 14.1. The van der Waals surface area contributed by atoms with Crippen LogP contribution >= 0.6 is 0 Å². The van der Waals surface area contributed by atoms with Crippen molar-refractivity contribution < 1.29 is 4.74 Å². The average Bonchev–Trinajstić information content (AvgIpc) is 3.08. The van der Waals surface area contributed by atoms with Gasteiger partial charge < -0.3 is 10.1 Å². The zero-order valence-corrected chi connectivity index (χ0v) is 13.1. The van der Waals surface area contributed by atoms with Crippen LogP contribution in [0.25, 0.3) is 10.9 Å². The first-order valence-corrected chi connectivity index (χ1v) is 7.89. The summed E-state index contributed by atoms with van der Waals surface area (Å²) in [6, 6.07) is 10.4. The van der Waals surface area contributed by atoms with E-state index in [-0.39, 0.29) is 6.04 Å². The molecular weight excluding hydrogens is 290 g/mol. The monoisotopic (exact) mass is 309 g/mol. The van der Waals surface area contributed by atoms with Gasteiger partial charge in [-0.1, -0.05) is 18.2 Å². The van der Waals surface area contributed by atoms with Crippen LogP contribution in [0, 0.1) is 0 Å². The predicted octanol–water partition coefficient (Wildman–Crippen LogP) is 2.46. The fourth-order valence-electron chi connectivity index (χ4n) is 3.16. The predicted molar refractivity (Wildman–Crippen MR) is 87.1 cm³/mol. The van der Waals surface area contributed by atoms with Gasteiger partial charge in [-0.3, -0.25) is 0 Å². The smallest absolute Gasteiger partial charge is 0.218 e. The van der Waals surface area contributed by atoms with E-state index in [4.69, 9.17) is 4.74 Å². The molecule has 0 aliphatic carbocycles. The molecule has 4 rings (SSSR count). The lowest BCUT2D eigenvalue weighted by atomic mass is 10.1. The number of hydrogen-bond acceptors (Lipinski definition) is 5. The number of methoxy groups -OCH3 is 1. The molecule has 1 aliphatic heterocycles. The quantitative estimate of drug-likeness (QED) is 0.802. The van der Waals surface area contributed by atoms with Gasteiger partial charge in [0.05, 0.1) is 18.7 Å². The van der Waals surface area contributed by atoms with E-state index in [1.807, 2.05) is 22.9 Å². The summed E-state index contributed by atoms with van der Waals surface area (Å²) in [7, 11) is 1.66. The van der Waals surface area contributed by atoms with Gasteiger partial charge >= 0.3 is 0 Å². The van der Waals surface area contributed by atoms with Crippen molar-refractivity contribution in [1.82, 2.24) is 25.1 Å². The van der Waals surface area contributed by atoms with Crippen LogP contribution in [0.3, 0.4) is 0 Å². The molecule has 1 N–H and O–H groups in total. The molecule has 0 fully saturated rings. The number of aromatic nitrogens is 4. The Morgan fingerprint density at radius 2 is 2.26 bits per heavy atom. The molecule has 0 unspecified atom stereocenters. The number of para-hydroxylation sites is 1. The Labute approximate surface area is 134 Å². The third-order valence-electron chi connectivity index (χ3n) is 4.32. The van der Waals surface area contributed by atoms with E-state index in [1.165, 1.54) is 0 Å². The molecule has 0 amide bonds. The second-order valence-corrected chi connectivity index (χ2v) is 5.77. The van der Waals surface area contributed by atoms with Crippen LogP contribution in [0.15, 0.2) is 36.7 Å². The third kappa shape index (κ3) is 2.66. The molecule has 0 saturated carbocycles. The van der Waals surface area contributed by atoms with Crippen LogP contribution < -0.4 is 10.1 Å². The lowest BCUT2D eigenvalue weighted by Crippen LogP contribution is -2.28. The maximum atomic E-state index is 5.46. The standard InChI is InChI=1S/C17H19N5O/c1-23-17-13(9-12-5-2-3-6-14(12)21-17)10-18-15-7-4-8-22-16(15)19-11-20-22/h2-3,5-6,9,11,15,18H,4,7-8,10H2,1H3/t15-/m1/s1. The molecule has 1 atom stereocenters. The second kappa shape index (κ2) is 5.96. The van der Waals surface area contributed by atoms with Crippen LogP contribution in [0.2, 0.25) is 0 Å². The largest absolute Gasteiger partial charge is 0.481 e. The molecular formula is C17H19N5O. The van der Waals surface area contributed by atoms with E-state index >= 15 is 0 Å². The van der Waals surface area contributed by atoms with Gasteiger partial charge in [0.1, 0.15) is 12.2 Å². The van der Waals surface area contributed by atoms with Crippen molar-refractivity contribution >= 4 is 10.9 Å². The first-order valence-electron chi connectivity index (χ1n) is 7.89. The molecule has 2 aromatic heterocycles. The van der Waals surface area contributed by atoms with Crippen molar-refractivity contribution in [3.8, 4) is 5.88 Å². The minimum Gasteiger partial charge on any atom is -0.481 e. The summed E-state index contributed by atoms with van der Waals surface area (Å²) in [4.78, 5) is 8.98. The third-order valence-corrected chi connectivity index (χ3v) is 4.32. The Balaban J connectivity index is 1.59. The average molecular weight is 309 g/mol. The normalized spacial score (nSPS) is 17.2. The molecule has 1 aliphatic rings. The molecule has 118 valence electrons. The number of nitrogens with one attached hydrogen (secondary N) is 1. The van der Waals surface area contributed by atoms with Gasteiger partial charge in [-0.2, -0.15) is 5.10 Å². The molecule has 0 bridgehead atoms.